The molecule has 3 aliphatic rings. The number of carbonyl (C=O) groups is 4. The highest BCUT2D eigenvalue weighted by Gasteiger charge is 2.57. The van der Waals surface area contributed by atoms with Gasteiger partial charge < -0.3 is 25.0 Å². The molecular weight excluding hydrogens is 588 g/mol. The Morgan fingerprint density at radius 3 is 2.41 bits per heavy atom. The molecule has 12 nitrogen and oxygen atoms in total. The van der Waals surface area contributed by atoms with Crippen molar-refractivity contribution in [2.45, 2.75) is 90.1 Å². The Kier molecular flexibility index (Phi) is 9.48. The highest BCUT2D eigenvalue weighted by Crippen LogP contribution is 2.42. The van der Waals surface area contributed by atoms with Crippen LogP contribution >= 0.6 is 0 Å². The first-order chi connectivity index (χ1) is 21.8. The highest BCUT2D eigenvalue weighted by atomic mass is 16.6. The number of ether oxygens (including phenoxy) is 2. The van der Waals surface area contributed by atoms with Crippen LogP contribution in [0.25, 0.3) is 0 Å². The number of hydrazone groups is 1. The van der Waals surface area contributed by atoms with Crippen LogP contribution in [0.15, 0.2) is 59.8 Å². The first-order valence-corrected chi connectivity index (χ1v) is 15.8. The molecule has 246 valence electrons. The number of aromatic nitrogens is 1. The van der Waals surface area contributed by atoms with Gasteiger partial charge in [0.1, 0.15) is 22.6 Å². The monoisotopic (exact) mass is 632 g/mol. The molecule has 1 saturated heterocycles. The van der Waals surface area contributed by atoms with Crippen LogP contribution in [-0.4, -0.2) is 87.3 Å². The fourth-order valence-electron chi connectivity index (χ4n) is 5.73. The quantitative estimate of drug-likeness (QED) is 0.387. The number of nitrogens with zero attached hydrogens (tertiary/aromatic N) is 4. The summed E-state index contributed by atoms with van der Waals surface area (Å²) in [5.74, 6) is -1.08. The molecule has 3 heterocycles. The van der Waals surface area contributed by atoms with Crippen molar-refractivity contribution in [3.8, 4) is 0 Å². The minimum atomic E-state index is -1.41. The molecule has 12 heteroatoms. The van der Waals surface area contributed by atoms with Crippen molar-refractivity contribution in [2.24, 2.45) is 10.5 Å². The number of carbonyl (C=O) groups excluding carboxylic acids is 4. The number of likely N-dealkylation sites (tertiary alicyclic amines) is 1. The number of nitrogens with one attached hydrogen (secondary N) is 2. The van der Waals surface area contributed by atoms with Crippen LogP contribution in [0.5, 0.6) is 0 Å². The number of fused-ring (bicyclic) bond motifs is 1. The number of alkyl carbamates (subject to hydrolysis) is 1. The van der Waals surface area contributed by atoms with Crippen molar-refractivity contribution in [3.05, 3.63) is 66.0 Å². The molecule has 2 aliphatic heterocycles. The second-order valence-corrected chi connectivity index (χ2v) is 13.8. The molecule has 1 aliphatic carbocycles. The smallest absolute Gasteiger partial charge is 0.408 e. The van der Waals surface area contributed by atoms with Gasteiger partial charge in [0, 0.05) is 37.8 Å². The Morgan fingerprint density at radius 2 is 1.76 bits per heavy atom. The maximum atomic E-state index is 14.3. The molecular formula is C34H44N6O6. The summed E-state index contributed by atoms with van der Waals surface area (Å²) in [6.07, 6.45) is 3.48. The van der Waals surface area contributed by atoms with Gasteiger partial charge >= 0.3 is 6.09 Å². The normalized spacial score (nSPS) is 20.5. The van der Waals surface area contributed by atoms with Crippen LogP contribution in [0.3, 0.4) is 0 Å². The second-order valence-electron chi connectivity index (χ2n) is 13.8. The maximum absolute atomic E-state index is 14.3. The standard InChI is InChI=1S/C34H44N6O6/c1-32(2,3)46-31(44)37-33(4,5)29(42)36-26(21-45-20-23-11-7-6-8-12-23)28(41)39-18-16-27-34(22-39,19-24-13-9-10-17-35-24)30(43)40(38-27)25-14-15-25/h6-13,17,25-26H,14-16,18-22H2,1-5H3,(H,36,42)(H,37,44). The summed E-state index contributed by atoms with van der Waals surface area (Å²) in [7, 11) is 0. The van der Waals surface area contributed by atoms with Crippen LogP contribution in [0, 0.1) is 5.41 Å². The summed E-state index contributed by atoms with van der Waals surface area (Å²) in [5, 5.41) is 11.8. The van der Waals surface area contributed by atoms with Crippen molar-refractivity contribution in [1.29, 1.82) is 0 Å². The van der Waals surface area contributed by atoms with E-state index in [1.54, 1.807) is 36.9 Å². The lowest BCUT2D eigenvalue weighted by Gasteiger charge is -2.40. The van der Waals surface area contributed by atoms with Crippen LogP contribution in [0.1, 0.15) is 65.1 Å². The number of hydrogen-bond donors (Lipinski definition) is 2. The van der Waals surface area contributed by atoms with Gasteiger partial charge in [-0.1, -0.05) is 36.4 Å². The Balaban J connectivity index is 1.36. The number of benzene rings is 1. The van der Waals surface area contributed by atoms with E-state index < -0.39 is 34.6 Å². The predicted octanol–water partition coefficient (Wildman–Crippen LogP) is 3.21. The average molecular weight is 633 g/mol. The van der Waals surface area contributed by atoms with E-state index in [4.69, 9.17) is 14.6 Å². The molecule has 2 fully saturated rings. The van der Waals surface area contributed by atoms with Gasteiger partial charge in [-0.3, -0.25) is 19.4 Å². The van der Waals surface area contributed by atoms with Gasteiger partial charge in [-0.05, 0) is 65.2 Å². The Hall–Kier alpha value is -4.32. The first-order valence-electron chi connectivity index (χ1n) is 15.8. The average Bonchev–Trinajstić information content (AvgIpc) is 3.80. The van der Waals surface area contributed by atoms with E-state index >= 15 is 0 Å². The van der Waals surface area contributed by atoms with Crippen molar-refractivity contribution in [2.75, 3.05) is 19.7 Å². The molecule has 2 atom stereocenters. The molecule has 2 aromatic rings. The summed E-state index contributed by atoms with van der Waals surface area (Å²) in [5.41, 5.74) is -0.786. The van der Waals surface area contributed by atoms with E-state index in [-0.39, 0.29) is 37.6 Å². The van der Waals surface area contributed by atoms with Gasteiger partial charge in [0.05, 0.1) is 25.0 Å². The molecule has 46 heavy (non-hydrogen) atoms. The summed E-state index contributed by atoms with van der Waals surface area (Å²) in [6, 6.07) is 14.1. The fourth-order valence-corrected chi connectivity index (χ4v) is 5.73. The van der Waals surface area contributed by atoms with Crippen LogP contribution < -0.4 is 10.6 Å². The van der Waals surface area contributed by atoms with Gasteiger partial charge in [0.2, 0.25) is 11.8 Å². The molecule has 4 amide bonds. The Morgan fingerprint density at radius 1 is 1.04 bits per heavy atom. The summed E-state index contributed by atoms with van der Waals surface area (Å²) in [6.45, 7) is 8.81. The zero-order valence-corrected chi connectivity index (χ0v) is 27.2. The predicted molar refractivity (Wildman–Crippen MR) is 170 cm³/mol. The molecule has 2 unspecified atom stereocenters. The van der Waals surface area contributed by atoms with Crippen LogP contribution in [0.4, 0.5) is 4.79 Å². The van der Waals surface area contributed by atoms with Crippen molar-refractivity contribution < 1.29 is 28.7 Å². The molecule has 2 N–H and O–H groups in total. The molecule has 0 bridgehead atoms. The third-order valence-corrected chi connectivity index (χ3v) is 8.27. The van der Waals surface area contributed by atoms with E-state index in [1.807, 2.05) is 48.5 Å². The zero-order valence-electron chi connectivity index (χ0n) is 27.2. The summed E-state index contributed by atoms with van der Waals surface area (Å²) >= 11 is 0. The lowest BCUT2D eigenvalue weighted by molar-refractivity contribution is -0.144. The van der Waals surface area contributed by atoms with Crippen LogP contribution in [0.2, 0.25) is 0 Å². The number of pyridine rings is 1. The minimum Gasteiger partial charge on any atom is -0.444 e. The minimum absolute atomic E-state index is 0.0912. The first kappa shape index (κ1) is 33.1. The zero-order chi connectivity index (χ0) is 33.1. The molecule has 1 saturated carbocycles. The van der Waals surface area contributed by atoms with E-state index in [0.29, 0.717) is 19.4 Å². The Bertz CT molecular complexity index is 1470. The maximum Gasteiger partial charge on any atom is 0.408 e. The van der Waals surface area contributed by atoms with Gasteiger partial charge in [0.15, 0.2) is 0 Å². The van der Waals surface area contributed by atoms with Crippen molar-refractivity contribution in [1.82, 2.24) is 25.5 Å². The number of piperidine rings is 1. The van der Waals surface area contributed by atoms with E-state index in [2.05, 4.69) is 15.6 Å². The molecule has 0 radical (unpaired) electrons. The van der Waals surface area contributed by atoms with Gasteiger partial charge in [-0.25, -0.2) is 9.80 Å². The van der Waals surface area contributed by atoms with Crippen molar-refractivity contribution in [3.63, 3.8) is 0 Å². The molecule has 5 rings (SSSR count). The number of hydrogen-bond acceptors (Lipinski definition) is 8. The van der Waals surface area contributed by atoms with E-state index in [1.165, 1.54) is 13.8 Å². The summed E-state index contributed by atoms with van der Waals surface area (Å²) < 4.78 is 11.3. The van der Waals surface area contributed by atoms with E-state index in [9.17, 15) is 19.2 Å². The number of rotatable bonds is 11. The second kappa shape index (κ2) is 13.2. The third kappa shape index (κ3) is 7.72. The lowest BCUT2D eigenvalue weighted by Crippen LogP contribution is -2.63. The van der Waals surface area contributed by atoms with Crippen LogP contribution in [-0.2, 0) is 36.9 Å². The largest absolute Gasteiger partial charge is 0.444 e. The van der Waals surface area contributed by atoms with Gasteiger partial charge in [-0.2, -0.15) is 5.10 Å². The molecule has 0 spiro atoms. The van der Waals surface area contributed by atoms with Crippen molar-refractivity contribution >= 4 is 29.5 Å². The van der Waals surface area contributed by atoms with E-state index in [0.717, 1.165) is 29.8 Å². The number of amides is 4. The topological polar surface area (TPSA) is 143 Å². The summed E-state index contributed by atoms with van der Waals surface area (Å²) in [4.78, 5) is 60.5. The fraction of sp³-hybridized carbons (Fsp3) is 0.529. The Labute approximate surface area is 269 Å². The van der Waals surface area contributed by atoms with Gasteiger partial charge in [0.25, 0.3) is 5.91 Å². The molecule has 1 aromatic carbocycles. The highest BCUT2D eigenvalue weighted by molar-refractivity contribution is 6.14. The third-order valence-electron chi connectivity index (χ3n) is 8.27. The molecule has 1 aromatic heterocycles. The SMILES string of the molecule is CC(C)(C)OC(=O)NC(C)(C)C(=O)NC(COCc1ccccc1)C(=O)N1CCC2=NN(C3CC3)C(=O)C2(Cc2ccccn2)C1. The van der Waals surface area contributed by atoms with Gasteiger partial charge in [-0.15, -0.1) is 0 Å². The lowest BCUT2D eigenvalue weighted by atomic mass is 9.74.